The van der Waals surface area contributed by atoms with E-state index in [2.05, 4.69) is 5.29 Å². The first-order valence-corrected chi connectivity index (χ1v) is 4.79. The molecular formula is C11H10N2O3. The number of aromatic nitrogens is 1. The molecule has 1 aromatic carbocycles. The van der Waals surface area contributed by atoms with Gasteiger partial charge in [-0.15, -0.1) is 4.91 Å². The van der Waals surface area contributed by atoms with Crippen molar-refractivity contribution in [2.24, 2.45) is 5.29 Å². The van der Waals surface area contributed by atoms with Crippen molar-refractivity contribution in [3.8, 4) is 0 Å². The van der Waals surface area contributed by atoms with E-state index >= 15 is 0 Å². The number of benzene rings is 1. The molecular weight excluding hydrogens is 208 g/mol. The Morgan fingerprint density at radius 3 is 2.75 bits per heavy atom. The summed E-state index contributed by atoms with van der Waals surface area (Å²) in [5.41, 5.74) is 1.87. The molecule has 0 saturated heterocycles. The zero-order chi connectivity index (χ0) is 11.7. The minimum Gasteiger partial charge on any atom is -0.481 e. The summed E-state index contributed by atoms with van der Waals surface area (Å²) in [6.45, 7) is 1.69. The Morgan fingerprint density at radius 2 is 2.12 bits per heavy atom. The van der Waals surface area contributed by atoms with Crippen LogP contribution < -0.4 is 0 Å². The number of para-hydroxylation sites is 1. The van der Waals surface area contributed by atoms with Crippen molar-refractivity contribution >= 4 is 16.9 Å². The highest BCUT2D eigenvalue weighted by molar-refractivity contribution is 5.88. The number of hydrogen-bond acceptors (Lipinski definition) is 3. The summed E-state index contributed by atoms with van der Waals surface area (Å²) >= 11 is 0. The second kappa shape index (κ2) is 3.77. The summed E-state index contributed by atoms with van der Waals surface area (Å²) in [5.74, 6) is -0.920. The smallest absolute Gasteiger partial charge is 0.307 e. The van der Waals surface area contributed by atoms with Gasteiger partial charge in [0, 0.05) is 11.1 Å². The number of nitroso groups, excluding NO2 is 1. The summed E-state index contributed by atoms with van der Waals surface area (Å²) in [5, 5.41) is 12.5. The molecule has 16 heavy (non-hydrogen) atoms. The van der Waals surface area contributed by atoms with E-state index in [1.165, 1.54) is 4.68 Å². The maximum absolute atomic E-state index is 10.7. The molecule has 1 heterocycles. The van der Waals surface area contributed by atoms with Gasteiger partial charge in [-0.2, -0.15) is 0 Å². The van der Waals surface area contributed by atoms with Gasteiger partial charge in [0.05, 0.1) is 17.2 Å². The zero-order valence-corrected chi connectivity index (χ0v) is 8.67. The molecule has 5 nitrogen and oxygen atoms in total. The van der Waals surface area contributed by atoms with E-state index in [0.717, 1.165) is 5.39 Å². The van der Waals surface area contributed by atoms with Crippen LogP contribution in [0.3, 0.4) is 0 Å². The van der Waals surface area contributed by atoms with Crippen LogP contribution in [-0.4, -0.2) is 15.8 Å². The van der Waals surface area contributed by atoms with Crippen molar-refractivity contribution in [3.63, 3.8) is 0 Å². The van der Waals surface area contributed by atoms with Gasteiger partial charge in [-0.3, -0.25) is 4.79 Å². The number of nitrogens with zero attached hydrogens (tertiary/aromatic N) is 2. The normalized spacial score (nSPS) is 10.6. The van der Waals surface area contributed by atoms with E-state index in [1.54, 1.807) is 25.1 Å². The van der Waals surface area contributed by atoms with Gasteiger partial charge in [0.2, 0.25) is 0 Å². The Bertz CT molecular complexity index is 572. The van der Waals surface area contributed by atoms with E-state index in [-0.39, 0.29) is 6.42 Å². The summed E-state index contributed by atoms with van der Waals surface area (Å²) in [6.07, 6.45) is -0.102. The molecule has 0 bridgehead atoms. The second-order valence-electron chi connectivity index (χ2n) is 3.55. The number of carboxylic acids is 1. The molecule has 2 rings (SSSR count). The van der Waals surface area contributed by atoms with Crippen LogP contribution in [0.15, 0.2) is 29.6 Å². The molecule has 2 aromatic rings. The maximum atomic E-state index is 10.7. The predicted octanol–water partition coefficient (Wildman–Crippen LogP) is 2.11. The predicted molar refractivity (Wildman–Crippen MR) is 59.2 cm³/mol. The van der Waals surface area contributed by atoms with Gasteiger partial charge in [-0.1, -0.05) is 18.2 Å². The molecule has 0 spiro atoms. The Hall–Kier alpha value is -2.17. The van der Waals surface area contributed by atoms with Crippen LogP contribution in [0, 0.1) is 11.8 Å². The van der Waals surface area contributed by atoms with Crippen molar-refractivity contribution in [3.05, 3.63) is 40.4 Å². The van der Waals surface area contributed by atoms with Crippen molar-refractivity contribution in [2.75, 3.05) is 0 Å². The fourth-order valence-electron chi connectivity index (χ4n) is 1.90. The van der Waals surface area contributed by atoms with Crippen LogP contribution >= 0.6 is 0 Å². The van der Waals surface area contributed by atoms with Gasteiger partial charge in [0.1, 0.15) is 0 Å². The summed E-state index contributed by atoms with van der Waals surface area (Å²) in [6, 6.07) is 7.13. The number of rotatable bonds is 3. The minimum atomic E-state index is -0.920. The molecule has 0 amide bonds. The molecule has 1 aromatic heterocycles. The number of fused-ring (bicyclic) bond motifs is 1. The number of carbonyl (C=O) groups is 1. The Kier molecular flexibility index (Phi) is 2.44. The number of hydrogen-bond donors (Lipinski definition) is 1. The molecule has 0 fully saturated rings. The SMILES string of the molecule is Cc1c(CC(=O)O)c2ccccc2n1N=O. The van der Waals surface area contributed by atoms with E-state index in [9.17, 15) is 9.70 Å². The topological polar surface area (TPSA) is 71.7 Å². The molecule has 5 heteroatoms. The molecule has 0 saturated carbocycles. The van der Waals surface area contributed by atoms with Crippen LogP contribution in [0.25, 0.3) is 10.9 Å². The molecule has 0 aliphatic heterocycles. The third-order valence-electron chi connectivity index (χ3n) is 2.62. The largest absolute Gasteiger partial charge is 0.481 e. The highest BCUT2D eigenvalue weighted by Crippen LogP contribution is 2.26. The molecule has 0 atom stereocenters. The third-order valence-corrected chi connectivity index (χ3v) is 2.62. The van der Waals surface area contributed by atoms with E-state index in [1.807, 2.05) is 6.07 Å². The number of aliphatic carboxylic acids is 1. The Morgan fingerprint density at radius 1 is 1.44 bits per heavy atom. The lowest BCUT2D eigenvalue weighted by Gasteiger charge is -1.96. The van der Waals surface area contributed by atoms with E-state index in [4.69, 9.17) is 5.11 Å². The fourth-order valence-corrected chi connectivity index (χ4v) is 1.90. The summed E-state index contributed by atoms with van der Waals surface area (Å²) in [4.78, 5) is 21.5. The van der Waals surface area contributed by atoms with Crippen LogP contribution in [-0.2, 0) is 11.2 Å². The van der Waals surface area contributed by atoms with Crippen molar-refractivity contribution in [1.29, 1.82) is 0 Å². The third kappa shape index (κ3) is 1.46. The maximum Gasteiger partial charge on any atom is 0.307 e. The highest BCUT2D eigenvalue weighted by Gasteiger charge is 2.16. The molecule has 0 unspecified atom stereocenters. The Balaban J connectivity index is 2.76. The van der Waals surface area contributed by atoms with Gasteiger partial charge in [-0.25, -0.2) is 4.68 Å². The van der Waals surface area contributed by atoms with Crippen molar-refractivity contribution in [2.45, 2.75) is 13.3 Å². The quantitative estimate of drug-likeness (QED) is 0.802. The molecule has 82 valence electrons. The lowest BCUT2D eigenvalue weighted by Crippen LogP contribution is -2.01. The highest BCUT2D eigenvalue weighted by atomic mass is 16.4. The first kappa shape index (κ1) is 10.4. The van der Waals surface area contributed by atoms with Gasteiger partial charge < -0.3 is 5.11 Å². The minimum absolute atomic E-state index is 0.102. The number of carboxylic acid groups (broad SMARTS) is 1. The average Bonchev–Trinajstić information content (AvgIpc) is 2.52. The van der Waals surface area contributed by atoms with E-state index in [0.29, 0.717) is 16.8 Å². The molecule has 0 aliphatic carbocycles. The summed E-state index contributed by atoms with van der Waals surface area (Å²) < 4.78 is 1.23. The lowest BCUT2D eigenvalue weighted by molar-refractivity contribution is -0.136. The molecule has 0 radical (unpaired) electrons. The fraction of sp³-hybridized carbons (Fsp3) is 0.182. The van der Waals surface area contributed by atoms with Gasteiger partial charge in [0.25, 0.3) is 0 Å². The lowest BCUT2D eigenvalue weighted by atomic mass is 10.1. The van der Waals surface area contributed by atoms with Crippen LogP contribution in [0.1, 0.15) is 11.3 Å². The van der Waals surface area contributed by atoms with Gasteiger partial charge >= 0.3 is 5.97 Å². The first-order chi connectivity index (χ1) is 7.65. The molecule has 1 N–H and O–H groups in total. The second-order valence-corrected chi connectivity index (χ2v) is 3.55. The summed E-state index contributed by atoms with van der Waals surface area (Å²) in [7, 11) is 0. The van der Waals surface area contributed by atoms with Crippen LogP contribution in [0.4, 0.5) is 0 Å². The van der Waals surface area contributed by atoms with E-state index < -0.39 is 5.97 Å². The molecule has 0 aliphatic rings. The monoisotopic (exact) mass is 218 g/mol. The van der Waals surface area contributed by atoms with Crippen LogP contribution in [0.2, 0.25) is 0 Å². The van der Waals surface area contributed by atoms with Crippen molar-refractivity contribution in [1.82, 2.24) is 4.68 Å². The zero-order valence-electron chi connectivity index (χ0n) is 8.67. The van der Waals surface area contributed by atoms with Crippen molar-refractivity contribution < 1.29 is 9.90 Å². The first-order valence-electron chi connectivity index (χ1n) is 4.79. The standard InChI is InChI=1S/C11H10N2O3/c1-7-9(6-11(14)15)8-4-2-3-5-10(8)13(7)12-16/h2-5H,6H2,1H3,(H,14,15). The van der Waals surface area contributed by atoms with Crippen LogP contribution in [0.5, 0.6) is 0 Å². The van der Waals surface area contributed by atoms with Gasteiger partial charge in [0.15, 0.2) is 0 Å². The Labute approximate surface area is 91.2 Å². The average molecular weight is 218 g/mol. The van der Waals surface area contributed by atoms with Gasteiger partial charge in [-0.05, 0) is 18.6 Å².